The third kappa shape index (κ3) is 3.92. The number of sulfonamides is 1. The van der Waals surface area contributed by atoms with Gasteiger partial charge in [0.15, 0.2) is 0 Å². The fraction of sp³-hybridized carbons (Fsp3) is 0.667. The van der Waals surface area contributed by atoms with Crippen molar-refractivity contribution >= 4 is 10.0 Å². The lowest BCUT2D eigenvalue weighted by molar-refractivity contribution is 0.559. The molecule has 0 saturated heterocycles. The van der Waals surface area contributed by atoms with E-state index in [1.165, 1.54) is 17.1 Å². The molecule has 0 saturated carbocycles. The quantitative estimate of drug-likeness (QED) is 0.676. The topological polar surface area (TPSA) is 76.0 Å². The van der Waals surface area contributed by atoms with Crippen molar-refractivity contribution in [3.05, 3.63) is 12.4 Å². The smallest absolute Gasteiger partial charge is 0.243 e. The average molecular weight is 246 g/mol. The molecular weight excluding hydrogens is 228 g/mol. The van der Waals surface area contributed by atoms with Gasteiger partial charge in [-0.05, 0) is 0 Å². The number of hydrogen-bond acceptors (Lipinski definition) is 4. The van der Waals surface area contributed by atoms with Gasteiger partial charge in [-0.3, -0.25) is 4.68 Å². The molecule has 0 fully saturated rings. The van der Waals surface area contributed by atoms with Gasteiger partial charge in [0.2, 0.25) is 10.0 Å². The van der Waals surface area contributed by atoms with Crippen LogP contribution in [0.1, 0.15) is 13.8 Å². The molecule has 0 spiro atoms. The number of aromatic nitrogens is 2. The maximum atomic E-state index is 11.7. The Morgan fingerprint density at radius 1 is 1.44 bits per heavy atom. The summed E-state index contributed by atoms with van der Waals surface area (Å²) in [4.78, 5) is 0.194. The molecular formula is C9H18N4O2S. The third-order valence-corrected chi connectivity index (χ3v) is 3.38. The molecule has 0 radical (unpaired) electrons. The van der Waals surface area contributed by atoms with Crippen LogP contribution in [0.3, 0.4) is 0 Å². The Morgan fingerprint density at radius 2 is 2.12 bits per heavy atom. The molecule has 0 aliphatic rings. The summed E-state index contributed by atoms with van der Waals surface area (Å²) in [5.41, 5.74) is 0. The first-order valence-corrected chi connectivity index (χ1v) is 6.62. The summed E-state index contributed by atoms with van der Waals surface area (Å²) < 4.78 is 27.4. The van der Waals surface area contributed by atoms with E-state index in [4.69, 9.17) is 0 Å². The van der Waals surface area contributed by atoms with Gasteiger partial charge < -0.3 is 5.32 Å². The molecule has 1 heterocycles. The van der Waals surface area contributed by atoms with Gasteiger partial charge in [0.05, 0.1) is 6.20 Å². The average Bonchev–Trinajstić information content (AvgIpc) is 2.60. The Morgan fingerprint density at radius 3 is 2.62 bits per heavy atom. The van der Waals surface area contributed by atoms with Gasteiger partial charge in [0, 0.05) is 32.4 Å². The highest BCUT2D eigenvalue weighted by Gasteiger charge is 2.14. The van der Waals surface area contributed by atoms with Crippen molar-refractivity contribution in [2.75, 3.05) is 13.1 Å². The highest BCUT2D eigenvalue weighted by atomic mass is 32.2. The van der Waals surface area contributed by atoms with E-state index >= 15 is 0 Å². The monoisotopic (exact) mass is 246 g/mol. The van der Waals surface area contributed by atoms with Crippen LogP contribution in [0.5, 0.6) is 0 Å². The van der Waals surface area contributed by atoms with Crippen LogP contribution in [0, 0.1) is 0 Å². The van der Waals surface area contributed by atoms with Crippen LogP contribution in [-0.4, -0.2) is 37.3 Å². The first kappa shape index (κ1) is 13.1. The normalized spacial score (nSPS) is 12.2. The van der Waals surface area contributed by atoms with Crippen LogP contribution in [0.15, 0.2) is 17.3 Å². The number of aryl methyl sites for hydroxylation is 1. The molecule has 1 rings (SSSR count). The molecule has 0 amide bonds. The summed E-state index contributed by atoms with van der Waals surface area (Å²) >= 11 is 0. The zero-order chi connectivity index (χ0) is 12.2. The van der Waals surface area contributed by atoms with E-state index in [0.29, 0.717) is 19.1 Å². The molecule has 0 bridgehead atoms. The lowest BCUT2D eigenvalue weighted by Gasteiger charge is -2.08. The predicted molar refractivity (Wildman–Crippen MR) is 61.5 cm³/mol. The molecule has 2 N–H and O–H groups in total. The second-order valence-corrected chi connectivity index (χ2v) is 5.62. The second-order valence-electron chi connectivity index (χ2n) is 3.86. The molecule has 0 aromatic carbocycles. The summed E-state index contributed by atoms with van der Waals surface area (Å²) in [7, 11) is -1.73. The summed E-state index contributed by atoms with van der Waals surface area (Å²) in [6.45, 7) is 5.00. The van der Waals surface area contributed by atoms with Crippen molar-refractivity contribution in [3.8, 4) is 0 Å². The molecule has 16 heavy (non-hydrogen) atoms. The summed E-state index contributed by atoms with van der Waals surface area (Å²) in [6, 6.07) is 0.350. The standard InChI is InChI=1S/C9H18N4O2S/c1-8(2)10-4-5-12-16(14,15)9-6-11-13(3)7-9/h6-8,10,12H,4-5H2,1-3H3. The van der Waals surface area contributed by atoms with Crippen molar-refractivity contribution in [3.63, 3.8) is 0 Å². The Hall–Kier alpha value is -0.920. The lowest BCUT2D eigenvalue weighted by atomic mass is 10.4. The third-order valence-electron chi connectivity index (χ3n) is 1.96. The maximum Gasteiger partial charge on any atom is 0.243 e. The molecule has 92 valence electrons. The molecule has 0 unspecified atom stereocenters. The Kier molecular flexibility index (Phi) is 4.45. The van der Waals surface area contributed by atoms with E-state index in [2.05, 4.69) is 15.1 Å². The zero-order valence-corrected chi connectivity index (χ0v) is 10.6. The van der Waals surface area contributed by atoms with E-state index in [0.717, 1.165) is 0 Å². The highest BCUT2D eigenvalue weighted by molar-refractivity contribution is 7.89. The SMILES string of the molecule is CC(C)NCCNS(=O)(=O)c1cnn(C)c1. The number of rotatable bonds is 6. The van der Waals surface area contributed by atoms with E-state index in [9.17, 15) is 8.42 Å². The summed E-state index contributed by atoms with van der Waals surface area (Å²) in [5, 5.41) is 6.95. The Bertz CT molecular complexity index is 424. The first-order valence-electron chi connectivity index (χ1n) is 5.13. The minimum absolute atomic E-state index is 0.194. The molecule has 1 aromatic heterocycles. The van der Waals surface area contributed by atoms with E-state index in [1.54, 1.807) is 7.05 Å². The minimum atomic E-state index is -3.41. The fourth-order valence-corrected chi connectivity index (χ4v) is 2.18. The summed E-state index contributed by atoms with van der Waals surface area (Å²) in [5.74, 6) is 0. The largest absolute Gasteiger partial charge is 0.313 e. The maximum absolute atomic E-state index is 11.7. The van der Waals surface area contributed by atoms with Gasteiger partial charge in [0.1, 0.15) is 4.90 Å². The van der Waals surface area contributed by atoms with Crippen LogP contribution >= 0.6 is 0 Å². The van der Waals surface area contributed by atoms with Crippen LogP contribution in [0.25, 0.3) is 0 Å². The van der Waals surface area contributed by atoms with E-state index in [1.807, 2.05) is 13.8 Å². The van der Waals surface area contributed by atoms with Crippen molar-refractivity contribution < 1.29 is 8.42 Å². The van der Waals surface area contributed by atoms with Gasteiger partial charge in [-0.2, -0.15) is 5.10 Å². The summed E-state index contributed by atoms with van der Waals surface area (Å²) in [6.07, 6.45) is 2.80. The number of nitrogens with zero attached hydrogens (tertiary/aromatic N) is 2. The van der Waals surface area contributed by atoms with Crippen LogP contribution in [0.2, 0.25) is 0 Å². The van der Waals surface area contributed by atoms with E-state index < -0.39 is 10.0 Å². The lowest BCUT2D eigenvalue weighted by Crippen LogP contribution is -2.34. The Labute approximate surface area is 96.1 Å². The van der Waals surface area contributed by atoms with Gasteiger partial charge in [-0.15, -0.1) is 0 Å². The van der Waals surface area contributed by atoms with Crippen LogP contribution in [0.4, 0.5) is 0 Å². The van der Waals surface area contributed by atoms with Gasteiger partial charge in [-0.1, -0.05) is 13.8 Å². The van der Waals surface area contributed by atoms with Gasteiger partial charge >= 0.3 is 0 Å². The van der Waals surface area contributed by atoms with Crippen LogP contribution in [-0.2, 0) is 17.1 Å². The van der Waals surface area contributed by atoms with Crippen molar-refractivity contribution in [2.45, 2.75) is 24.8 Å². The predicted octanol–water partition coefficient (Wildman–Crippen LogP) is -0.304. The van der Waals surface area contributed by atoms with Gasteiger partial charge in [-0.25, -0.2) is 13.1 Å². The second kappa shape index (κ2) is 5.42. The van der Waals surface area contributed by atoms with Crippen molar-refractivity contribution in [1.29, 1.82) is 0 Å². The van der Waals surface area contributed by atoms with E-state index in [-0.39, 0.29) is 4.90 Å². The van der Waals surface area contributed by atoms with Crippen molar-refractivity contribution in [1.82, 2.24) is 19.8 Å². The molecule has 0 aliphatic carbocycles. The first-order chi connectivity index (χ1) is 7.42. The molecule has 0 atom stereocenters. The molecule has 0 aliphatic heterocycles. The molecule has 6 nitrogen and oxygen atoms in total. The zero-order valence-electron chi connectivity index (χ0n) is 9.77. The van der Waals surface area contributed by atoms with Gasteiger partial charge in [0.25, 0.3) is 0 Å². The fourth-order valence-electron chi connectivity index (χ4n) is 1.17. The minimum Gasteiger partial charge on any atom is -0.313 e. The molecule has 1 aromatic rings. The van der Waals surface area contributed by atoms with Crippen LogP contribution < -0.4 is 10.0 Å². The number of nitrogens with one attached hydrogen (secondary N) is 2. The highest BCUT2D eigenvalue weighted by Crippen LogP contribution is 2.04. The number of hydrogen-bond donors (Lipinski definition) is 2. The molecule has 7 heteroatoms. The van der Waals surface area contributed by atoms with Crippen molar-refractivity contribution in [2.24, 2.45) is 7.05 Å². The Balaban J connectivity index is 2.47.